The number of aliphatic hydroxyl groups is 1. The maximum atomic E-state index is 12.3. The molecule has 1 aliphatic heterocycles. The van der Waals surface area contributed by atoms with Gasteiger partial charge in [-0.1, -0.05) is 12.6 Å². The molecule has 0 radical (unpaired) electrons. The molecule has 4 N–H and O–H groups in total. The normalized spacial score (nSPS) is 40.8. The lowest BCUT2D eigenvalue weighted by Gasteiger charge is -2.35. The molecule has 0 bridgehead atoms. The Morgan fingerprint density at radius 2 is 2.15 bits per heavy atom. The van der Waals surface area contributed by atoms with E-state index in [4.69, 9.17) is 10.5 Å². The molecule has 4 rings (SSSR count). The van der Waals surface area contributed by atoms with Crippen molar-refractivity contribution in [2.45, 2.75) is 36.5 Å². The number of phenolic OH excluding ortho intramolecular Hbond substituents is 1. The Morgan fingerprint density at radius 1 is 1.45 bits per heavy atom. The molecular weight excluding hydrogens is 258 g/mol. The molecule has 5 nitrogen and oxygen atoms in total. The number of aryl methyl sites for hydroxylation is 1. The van der Waals surface area contributed by atoms with Crippen molar-refractivity contribution in [2.75, 3.05) is 0 Å². The Kier molecular flexibility index (Phi) is 1.74. The molecule has 3 unspecified atom stereocenters. The van der Waals surface area contributed by atoms with Crippen molar-refractivity contribution in [1.82, 2.24) is 0 Å². The molecule has 2 saturated carbocycles. The van der Waals surface area contributed by atoms with E-state index in [1.165, 1.54) is 6.07 Å². The first-order valence-corrected chi connectivity index (χ1v) is 6.57. The van der Waals surface area contributed by atoms with Crippen molar-refractivity contribution in [2.24, 2.45) is 5.73 Å². The van der Waals surface area contributed by atoms with E-state index >= 15 is 0 Å². The minimum Gasteiger partial charge on any atom is -0.504 e. The standard InChI is InChI=1S/C15H15NO4/c1-7-3-4-9(17)12-11(7)14-8(2)13(14,19)6-5-10(18)15(14,16)20-12/h3-4,17,19H,2,5-6,16H2,1H3. The van der Waals surface area contributed by atoms with Crippen LogP contribution in [-0.4, -0.2) is 27.3 Å². The highest BCUT2D eigenvalue weighted by Gasteiger charge is 2.87. The highest BCUT2D eigenvalue weighted by Crippen LogP contribution is 2.76. The molecule has 2 aliphatic carbocycles. The van der Waals surface area contributed by atoms with Crippen LogP contribution in [0.25, 0.3) is 0 Å². The Morgan fingerprint density at radius 3 is 2.85 bits per heavy atom. The molecule has 2 fully saturated rings. The number of aromatic hydroxyl groups is 1. The van der Waals surface area contributed by atoms with Crippen LogP contribution >= 0.6 is 0 Å². The molecule has 0 aromatic heterocycles. The number of benzene rings is 1. The molecule has 1 spiro atoms. The van der Waals surface area contributed by atoms with Gasteiger partial charge in [-0.05, 0) is 30.5 Å². The van der Waals surface area contributed by atoms with Gasteiger partial charge in [0.15, 0.2) is 17.3 Å². The largest absolute Gasteiger partial charge is 0.504 e. The first kappa shape index (κ1) is 11.9. The number of hydrogen-bond donors (Lipinski definition) is 3. The Labute approximate surface area is 115 Å². The van der Waals surface area contributed by atoms with Gasteiger partial charge in [-0.3, -0.25) is 10.5 Å². The van der Waals surface area contributed by atoms with Gasteiger partial charge in [0, 0.05) is 12.0 Å². The molecule has 1 aromatic rings. The van der Waals surface area contributed by atoms with Gasteiger partial charge in [-0.15, -0.1) is 0 Å². The van der Waals surface area contributed by atoms with Crippen LogP contribution in [0.2, 0.25) is 0 Å². The van der Waals surface area contributed by atoms with Gasteiger partial charge in [0.05, 0.1) is 0 Å². The number of rotatable bonds is 0. The predicted octanol–water partition coefficient (Wildman–Crippen LogP) is 0.650. The topological polar surface area (TPSA) is 92.8 Å². The zero-order valence-electron chi connectivity index (χ0n) is 11.1. The van der Waals surface area contributed by atoms with Crippen molar-refractivity contribution in [3.63, 3.8) is 0 Å². The Balaban J connectivity index is 2.12. The average Bonchev–Trinajstić information content (AvgIpc) is 2.77. The maximum absolute atomic E-state index is 12.3. The minimum absolute atomic E-state index is 0.0750. The smallest absolute Gasteiger partial charge is 0.234 e. The molecule has 104 valence electrons. The number of carbonyl (C=O) groups is 1. The van der Waals surface area contributed by atoms with Crippen molar-refractivity contribution < 1.29 is 19.7 Å². The molecule has 1 aromatic carbocycles. The summed E-state index contributed by atoms with van der Waals surface area (Å²) in [6, 6.07) is 3.23. The van der Waals surface area contributed by atoms with Crippen molar-refractivity contribution in [1.29, 1.82) is 0 Å². The number of Topliss-reactive ketones (excluding diaryl/α,β-unsaturated/α-hetero) is 1. The van der Waals surface area contributed by atoms with Crippen LogP contribution in [0.3, 0.4) is 0 Å². The lowest BCUT2D eigenvalue weighted by molar-refractivity contribution is -0.142. The fourth-order valence-electron chi connectivity index (χ4n) is 4.15. The molecule has 3 aliphatic rings. The summed E-state index contributed by atoms with van der Waals surface area (Å²) in [4.78, 5) is 12.3. The lowest BCUT2D eigenvalue weighted by Crippen LogP contribution is -2.63. The van der Waals surface area contributed by atoms with Gasteiger partial charge >= 0.3 is 0 Å². The SMILES string of the molecule is C=C1C2(O)CCC(=O)C3(N)Oc4c(O)ccc(C)c4C123. The van der Waals surface area contributed by atoms with Gasteiger partial charge in [0.2, 0.25) is 5.72 Å². The van der Waals surface area contributed by atoms with Gasteiger partial charge < -0.3 is 14.9 Å². The van der Waals surface area contributed by atoms with E-state index in [1.54, 1.807) is 6.07 Å². The average molecular weight is 273 g/mol. The van der Waals surface area contributed by atoms with Crippen LogP contribution in [0, 0.1) is 6.92 Å². The van der Waals surface area contributed by atoms with Crippen molar-refractivity contribution >= 4 is 5.78 Å². The molecule has 1 heterocycles. The summed E-state index contributed by atoms with van der Waals surface area (Å²) >= 11 is 0. The summed E-state index contributed by atoms with van der Waals surface area (Å²) in [5.74, 6) is -0.148. The first-order valence-electron chi connectivity index (χ1n) is 6.57. The molecule has 0 amide bonds. The molecule has 0 saturated heterocycles. The number of phenols is 1. The highest BCUT2D eigenvalue weighted by atomic mass is 16.5. The van der Waals surface area contributed by atoms with Crippen LogP contribution in [-0.2, 0) is 10.2 Å². The fourth-order valence-corrected chi connectivity index (χ4v) is 4.15. The van der Waals surface area contributed by atoms with E-state index in [9.17, 15) is 15.0 Å². The third kappa shape index (κ3) is 0.847. The second-order valence-corrected chi connectivity index (χ2v) is 5.96. The van der Waals surface area contributed by atoms with E-state index < -0.39 is 16.7 Å². The summed E-state index contributed by atoms with van der Waals surface area (Å²) in [6.07, 6.45) is 0.434. The van der Waals surface area contributed by atoms with E-state index in [-0.39, 0.29) is 23.7 Å². The number of fused-ring (bicyclic) bond motifs is 1. The molecule has 3 atom stereocenters. The summed E-state index contributed by atoms with van der Waals surface area (Å²) in [7, 11) is 0. The maximum Gasteiger partial charge on any atom is 0.234 e. The number of nitrogens with two attached hydrogens (primary N) is 1. The second kappa shape index (κ2) is 2.92. The van der Waals surface area contributed by atoms with Gasteiger partial charge in [-0.25, -0.2) is 0 Å². The lowest BCUT2D eigenvalue weighted by atomic mass is 9.74. The molecule has 5 heteroatoms. The summed E-state index contributed by atoms with van der Waals surface area (Å²) in [6.45, 7) is 5.76. The number of ether oxygens (including phenoxy) is 1. The minimum atomic E-state index is -1.66. The third-order valence-corrected chi connectivity index (χ3v) is 5.18. The molecule has 20 heavy (non-hydrogen) atoms. The van der Waals surface area contributed by atoms with Crippen LogP contribution in [0.4, 0.5) is 0 Å². The van der Waals surface area contributed by atoms with Gasteiger partial charge in [0.25, 0.3) is 0 Å². The van der Waals surface area contributed by atoms with Gasteiger partial charge in [-0.2, -0.15) is 0 Å². The number of hydrogen-bond acceptors (Lipinski definition) is 5. The first-order chi connectivity index (χ1) is 9.30. The van der Waals surface area contributed by atoms with Crippen molar-refractivity contribution in [3.05, 3.63) is 35.4 Å². The number of carbonyl (C=O) groups excluding carboxylic acids is 1. The third-order valence-electron chi connectivity index (χ3n) is 5.18. The van der Waals surface area contributed by atoms with Crippen LogP contribution in [0.15, 0.2) is 24.3 Å². The summed E-state index contributed by atoms with van der Waals surface area (Å²) in [5.41, 5.74) is 4.16. The van der Waals surface area contributed by atoms with E-state index in [2.05, 4.69) is 6.58 Å². The van der Waals surface area contributed by atoms with Gasteiger partial charge in [0.1, 0.15) is 11.0 Å². The summed E-state index contributed by atoms with van der Waals surface area (Å²) in [5, 5.41) is 20.8. The van der Waals surface area contributed by atoms with Crippen LogP contribution in [0.1, 0.15) is 24.0 Å². The molecular formula is C15H15NO4. The van der Waals surface area contributed by atoms with E-state index in [0.29, 0.717) is 17.6 Å². The van der Waals surface area contributed by atoms with Crippen molar-refractivity contribution in [3.8, 4) is 11.5 Å². The van der Waals surface area contributed by atoms with Crippen LogP contribution < -0.4 is 10.5 Å². The highest BCUT2D eigenvalue weighted by molar-refractivity contribution is 5.98. The second-order valence-electron chi connectivity index (χ2n) is 5.96. The zero-order chi connectivity index (χ0) is 14.5. The monoisotopic (exact) mass is 273 g/mol. The zero-order valence-corrected chi connectivity index (χ0v) is 11.1. The predicted molar refractivity (Wildman–Crippen MR) is 70.4 cm³/mol. The number of ketones is 1. The summed E-state index contributed by atoms with van der Waals surface area (Å²) < 4.78 is 5.66. The van der Waals surface area contributed by atoms with E-state index in [1.807, 2.05) is 6.92 Å². The Bertz CT molecular complexity index is 712. The fraction of sp³-hybridized carbons (Fsp3) is 0.400. The van der Waals surface area contributed by atoms with E-state index in [0.717, 1.165) is 5.56 Å². The Hall–Kier alpha value is -1.85. The van der Waals surface area contributed by atoms with Crippen LogP contribution in [0.5, 0.6) is 11.5 Å². The quantitative estimate of drug-likeness (QED) is 0.603.